The van der Waals surface area contributed by atoms with Crippen LogP contribution in [0.1, 0.15) is 32.4 Å². The first-order chi connectivity index (χ1) is 16.4. The summed E-state index contributed by atoms with van der Waals surface area (Å²) in [7, 11) is 0. The zero-order chi connectivity index (χ0) is 23.8. The maximum atomic E-state index is 13.9. The maximum absolute atomic E-state index is 13.9. The van der Waals surface area contributed by atoms with Crippen LogP contribution in [0.2, 0.25) is 10.0 Å². The molecule has 0 saturated carbocycles. The summed E-state index contributed by atoms with van der Waals surface area (Å²) < 4.78 is 6.22. The van der Waals surface area contributed by atoms with E-state index in [0.717, 1.165) is 4.90 Å². The van der Waals surface area contributed by atoms with Crippen molar-refractivity contribution < 1.29 is 23.9 Å². The second-order valence-electron chi connectivity index (χ2n) is 8.48. The van der Waals surface area contributed by atoms with Gasteiger partial charge < -0.3 is 4.74 Å². The Balaban J connectivity index is 1.57. The molecule has 0 aromatic heterocycles. The van der Waals surface area contributed by atoms with Gasteiger partial charge in [0.05, 0.1) is 33.7 Å². The number of imide groups is 1. The van der Waals surface area contributed by atoms with Gasteiger partial charge >= 0.3 is 0 Å². The van der Waals surface area contributed by atoms with E-state index in [0.29, 0.717) is 5.56 Å². The molecule has 2 fully saturated rings. The Morgan fingerprint density at radius 1 is 0.735 bits per heavy atom. The molecule has 3 aliphatic rings. The van der Waals surface area contributed by atoms with Crippen LogP contribution in [0.3, 0.4) is 0 Å². The number of carbonyl (C=O) groups excluding carboxylic acids is 4. The number of rotatable bonds is 2. The van der Waals surface area contributed by atoms with Gasteiger partial charge in [-0.25, -0.2) is 4.90 Å². The number of nitrogens with zero attached hydrogens (tertiary/aromatic N) is 1. The first-order valence-corrected chi connectivity index (χ1v) is 11.4. The Kier molecular flexibility index (Phi) is 4.58. The lowest BCUT2D eigenvalue weighted by Gasteiger charge is -2.27. The lowest BCUT2D eigenvalue weighted by atomic mass is 9.77. The lowest BCUT2D eigenvalue weighted by molar-refractivity contribution is -0.127. The van der Waals surface area contributed by atoms with Crippen LogP contribution in [-0.2, 0) is 14.3 Å². The second-order valence-corrected chi connectivity index (χ2v) is 9.26. The van der Waals surface area contributed by atoms with Gasteiger partial charge in [0, 0.05) is 11.1 Å². The molecule has 0 N–H and O–H groups in total. The highest BCUT2D eigenvalue weighted by molar-refractivity contribution is 6.45. The highest BCUT2D eigenvalue weighted by Gasteiger charge is 2.74. The van der Waals surface area contributed by atoms with E-state index in [4.69, 9.17) is 27.9 Å². The molecule has 3 aromatic rings. The predicted octanol–water partition coefficient (Wildman–Crippen LogP) is 4.69. The number of hydrogen-bond acceptors (Lipinski definition) is 5. The van der Waals surface area contributed by atoms with Gasteiger partial charge in [0.25, 0.3) is 0 Å². The zero-order valence-electron chi connectivity index (χ0n) is 17.4. The Bertz CT molecular complexity index is 1380. The highest BCUT2D eigenvalue weighted by atomic mass is 35.5. The van der Waals surface area contributed by atoms with Crippen LogP contribution < -0.4 is 4.90 Å². The third kappa shape index (κ3) is 2.56. The number of fused-ring (bicyclic) bond motifs is 3. The van der Waals surface area contributed by atoms with Gasteiger partial charge in [-0.05, 0) is 17.7 Å². The molecule has 2 aliphatic heterocycles. The number of ether oxygens (including phenoxy) is 1. The molecule has 3 unspecified atom stereocenters. The van der Waals surface area contributed by atoms with Gasteiger partial charge in [-0.3, -0.25) is 19.2 Å². The van der Waals surface area contributed by atoms with Gasteiger partial charge in [0.2, 0.25) is 29.0 Å². The molecule has 6 nitrogen and oxygen atoms in total. The van der Waals surface area contributed by atoms with Crippen LogP contribution in [-0.4, -0.2) is 29.0 Å². The summed E-state index contributed by atoms with van der Waals surface area (Å²) in [5, 5.41) is 0.201. The molecule has 3 aromatic carbocycles. The number of ketones is 2. The van der Waals surface area contributed by atoms with Crippen molar-refractivity contribution in [2.45, 2.75) is 11.7 Å². The fraction of sp³-hybridized carbons (Fsp3) is 0.154. The van der Waals surface area contributed by atoms with Crippen LogP contribution in [0.15, 0.2) is 72.8 Å². The Hall–Kier alpha value is -3.32. The van der Waals surface area contributed by atoms with Crippen LogP contribution in [0.5, 0.6) is 0 Å². The quantitative estimate of drug-likeness (QED) is 0.383. The van der Waals surface area contributed by atoms with Gasteiger partial charge in [-0.1, -0.05) is 83.9 Å². The number of anilines is 1. The van der Waals surface area contributed by atoms with E-state index in [9.17, 15) is 19.2 Å². The molecule has 1 aliphatic carbocycles. The van der Waals surface area contributed by atoms with Crippen molar-refractivity contribution in [1.29, 1.82) is 0 Å². The molecule has 2 heterocycles. The molecule has 2 amide bonds. The van der Waals surface area contributed by atoms with Crippen LogP contribution in [0.4, 0.5) is 5.69 Å². The summed E-state index contributed by atoms with van der Waals surface area (Å²) in [6.07, 6.45) is -0.979. The Morgan fingerprint density at radius 2 is 1.35 bits per heavy atom. The zero-order valence-corrected chi connectivity index (χ0v) is 18.9. The van der Waals surface area contributed by atoms with Gasteiger partial charge in [-0.15, -0.1) is 0 Å². The lowest BCUT2D eigenvalue weighted by Crippen LogP contribution is -2.51. The van der Waals surface area contributed by atoms with E-state index in [2.05, 4.69) is 0 Å². The monoisotopic (exact) mass is 491 g/mol. The normalized spacial score (nSPS) is 24.8. The smallest absolute Gasteiger partial charge is 0.241 e. The first-order valence-electron chi connectivity index (χ1n) is 10.6. The fourth-order valence-electron chi connectivity index (χ4n) is 5.36. The number of halogens is 2. The minimum Gasteiger partial charge on any atom is -0.349 e. The van der Waals surface area contributed by atoms with Gasteiger partial charge in [-0.2, -0.15) is 0 Å². The van der Waals surface area contributed by atoms with E-state index in [1.807, 2.05) is 0 Å². The van der Waals surface area contributed by atoms with Crippen LogP contribution in [0, 0.1) is 11.8 Å². The van der Waals surface area contributed by atoms with Crippen molar-refractivity contribution in [2.24, 2.45) is 11.8 Å². The molecule has 0 radical (unpaired) electrons. The van der Waals surface area contributed by atoms with E-state index in [-0.39, 0.29) is 26.9 Å². The summed E-state index contributed by atoms with van der Waals surface area (Å²) in [6, 6.07) is 19.8. The molecular weight excluding hydrogens is 477 g/mol. The largest absolute Gasteiger partial charge is 0.349 e. The van der Waals surface area contributed by atoms with Crippen LogP contribution in [0.25, 0.3) is 0 Å². The average Bonchev–Trinajstić information content (AvgIpc) is 3.42. The first kappa shape index (κ1) is 21.2. The molecule has 3 atom stereocenters. The summed E-state index contributed by atoms with van der Waals surface area (Å²) in [5.41, 5.74) is -1.07. The molecule has 0 bridgehead atoms. The number of amides is 2. The molecule has 2 saturated heterocycles. The molecule has 168 valence electrons. The summed E-state index contributed by atoms with van der Waals surface area (Å²) in [6.45, 7) is 0. The SMILES string of the molecule is O=C1C2C(c3ccccc3)OC3(C(=O)c4ccccc4C3=O)C2C(=O)N1c1cccc(Cl)c1Cl. The maximum Gasteiger partial charge on any atom is 0.241 e. The number of carbonyl (C=O) groups is 4. The molecule has 34 heavy (non-hydrogen) atoms. The second kappa shape index (κ2) is 7.34. The van der Waals surface area contributed by atoms with E-state index >= 15 is 0 Å². The van der Waals surface area contributed by atoms with Crippen molar-refractivity contribution in [3.8, 4) is 0 Å². The highest BCUT2D eigenvalue weighted by Crippen LogP contribution is 2.58. The van der Waals surface area contributed by atoms with Gasteiger partial charge in [0.15, 0.2) is 0 Å². The average molecular weight is 492 g/mol. The summed E-state index contributed by atoms with van der Waals surface area (Å²) >= 11 is 12.5. The Labute approximate surface area is 204 Å². The number of benzene rings is 3. The van der Waals surface area contributed by atoms with Crippen molar-refractivity contribution in [3.05, 3.63) is 99.5 Å². The molecule has 1 spiro atoms. The predicted molar refractivity (Wildman–Crippen MR) is 124 cm³/mol. The van der Waals surface area contributed by atoms with E-state index in [1.165, 1.54) is 24.3 Å². The Morgan fingerprint density at radius 3 is 2.00 bits per heavy atom. The summed E-state index contributed by atoms with van der Waals surface area (Å²) in [4.78, 5) is 56.0. The van der Waals surface area contributed by atoms with Crippen molar-refractivity contribution in [3.63, 3.8) is 0 Å². The van der Waals surface area contributed by atoms with E-state index in [1.54, 1.807) is 48.5 Å². The van der Waals surface area contributed by atoms with Crippen molar-refractivity contribution in [2.75, 3.05) is 4.90 Å². The molecule has 8 heteroatoms. The fourth-order valence-corrected chi connectivity index (χ4v) is 5.74. The third-order valence-electron chi connectivity index (χ3n) is 6.82. The number of hydrogen-bond donors (Lipinski definition) is 0. The topological polar surface area (TPSA) is 80.8 Å². The minimum atomic E-state index is -2.12. The van der Waals surface area contributed by atoms with Gasteiger partial charge in [0.1, 0.15) is 0 Å². The van der Waals surface area contributed by atoms with Crippen LogP contribution >= 0.6 is 23.2 Å². The minimum absolute atomic E-state index is 0.0319. The van der Waals surface area contributed by atoms with Crippen molar-refractivity contribution in [1.82, 2.24) is 0 Å². The van der Waals surface area contributed by atoms with Crippen molar-refractivity contribution >= 4 is 52.3 Å². The van der Waals surface area contributed by atoms with E-state index < -0.39 is 46.9 Å². The molecular formula is C26H15Cl2NO5. The third-order valence-corrected chi connectivity index (χ3v) is 7.63. The summed E-state index contributed by atoms with van der Waals surface area (Å²) in [5.74, 6) is -4.96. The number of Topliss-reactive ketones (excluding diaryl/α,β-unsaturated/α-hetero) is 2. The molecule has 6 rings (SSSR count). The standard InChI is InChI=1S/C26H15Cl2NO5/c27-16-11-6-12-17(20(16)28)29-24(32)18-19(25(29)33)26(34-21(18)13-7-2-1-3-8-13)22(30)14-9-4-5-10-15(14)23(26)31/h1-12,18-19,21H.